The Labute approximate surface area is 68.0 Å². The first-order valence-electron chi connectivity index (χ1n) is 4.19. The van der Waals surface area contributed by atoms with Gasteiger partial charge in [0.25, 0.3) is 0 Å². The Balaban J connectivity index is 2.55. The number of aliphatic hydroxyl groups excluding tert-OH is 1. The largest absolute Gasteiger partial charge is 0.393 e. The Morgan fingerprint density at radius 3 is 2.55 bits per heavy atom. The SMILES string of the molecule is CC(C)(N)C1CNCCC1O. The molecule has 3 heteroatoms. The third-order valence-corrected chi connectivity index (χ3v) is 2.40. The summed E-state index contributed by atoms with van der Waals surface area (Å²) in [4.78, 5) is 0. The average molecular weight is 158 g/mol. The predicted octanol–water partition coefficient (Wildman–Crippen LogP) is -0.306. The molecule has 0 amide bonds. The van der Waals surface area contributed by atoms with E-state index in [1.165, 1.54) is 0 Å². The van der Waals surface area contributed by atoms with Gasteiger partial charge in [-0.05, 0) is 26.8 Å². The third-order valence-electron chi connectivity index (χ3n) is 2.40. The fraction of sp³-hybridized carbons (Fsp3) is 1.00. The zero-order valence-corrected chi connectivity index (χ0v) is 7.30. The molecule has 1 rings (SSSR count). The molecule has 2 atom stereocenters. The number of nitrogens with one attached hydrogen (secondary N) is 1. The van der Waals surface area contributed by atoms with E-state index in [9.17, 15) is 5.11 Å². The normalized spacial score (nSPS) is 33.8. The van der Waals surface area contributed by atoms with Gasteiger partial charge in [0.05, 0.1) is 6.10 Å². The van der Waals surface area contributed by atoms with Crippen molar-refractivity contribution in [3.63, 3.8) is 0 Å². The Hall–Kier alpha value is -0.120. The third kappa shape index (κ3) is 2.15. The summed E-state index contributed by atoms with van der Waals surface area (Å²) >= 11 is 0. The van der Waals surface area contributed by atoms with Crippen LogP contribution in [0.2, 0.25) is 0 Å². The molecule has 0 aromatic carbocycles. The molecule has 0 aromatic rings. The van der Waals surface area contributed by atoms with E-state index in [2.05, 4.69) is 5.32 Å². The van der Waals surface area contributed by atoms with E-state index >= 15 is 0 Å². The van der Waals surface area contributed by atoms with Gasteiger partial charge < -0.3 is 16.2 Å². The van der Waals surface area contributed by atoms with Crippen molar-refractivity contribution >= 4 is 0 Å². The first-order valence-corrected chi connectivity index (χ1v) is 4.19. The first-order chi connectivity index (χ1) is 5.02. The molecule has 0 aromatic heterocycles. The maximum Gasteiger partial charge on any atom is 0.0610 e. The minimum absolute atomic E-state index is 0.191. The average Bonchev–Trinajstić information content (AvgIpc) is 1.86. The lowest BCUT2D eigenvalue weighted by molar-refractivity contribution is 0.0445. The molecule has 0 bridgehead atoms. The van der Waals surface area contributed by atoms with Crippen LogP contribution in [0, 0.1) is 5.92 Å². The quantitative estimate of drug-likeness (QED) is 0.491. The van der Waals surface area contributed by atoms with Crippen molar-refractivity contribution < 1.29 is 5.11 Å². The second kappa shape index (κ2) is 3.09. The summed E-state index contributed by atoms with van der Waals surface area (Å²) in [5.41, 5.74) is 5.63. The molecule has 0 aliphatic carbocycles. The van der Waals surface area contributed by atoms with E-state index in [0.29, 0.717) is 0 Å². The van der Waals surface area contributed by atoms with Gasteiger partial charge in [-0.1, -0.05) is 0 Å². The number of rotatable bonds is 1. The zero-order chi connectivity index (χ0) is 8.48. The molecular weight excluding hydrogens is 140 g/mol. The van der Waals surface area contributed by atoms with Gasteiger partial charge in [0.1, 0.15) is 0 Å². The molecule has 1 aliphatic heterocycles. The van der Waals surface area contributed by atoms with Gasteiger partial charge in [0.15, 0.2) is 0 Å². The standard InChI is InChI=1S/C8H18N2O/c1-8(2,9)6-5-10-4-3-7(6)11/h6-7,10-11H,3-5,9H2,1-2H3. The van der Waals surface area contributed by atoms with E-state index in [-0.39, 0.29) is 17.6 Å². The summed E-state index contributed by atoms with van der Waals surface area (Å²) in [6.07, 6.45) is 0.599. The van der Waals surface area contributed by atoms with E-state index in [4.69, 9.17) is 5.73 Å². The number of hydrogen-bond acceptors (Lipinski definition) is 3. The number of hydrogen-bond donors (Lipinski definition) is 3. The van der Waals surface area contributed by atoms with E-state index in [1.807, 2.05) is 13.8 Å². The van der Waals surface area contributed by atoms with Crippen LogP contribution < -0.4 is 11.1 Å². The van der Waals surface area contributed by atoms with Crippen LogP contribution in [0.25, 0.3) is 0 Å². The molecule has 0 spiro atoms. The highest BCUT2D eigenvalue weighted by Crippen LogP contribution is 2.21. The van der Waals surface area contributed by atoms with Crippen LogP contribution in [-0.2, 0) is 0 Å². The minimum atomic E-state index is -0.271. The predicted molar refractivity (Wildman–Crippen MR) is 45.2 cm³/mol. The Bertz CT molecular complexity index is 131. The van der Waals surface area contributed by atoms with Gasteiger partial charge in [0.2, 0.25) is 0 Å². The highest BCUT2D eigenvalue weighted by molar-refractivity contribution is 4.91. The fourth-order valence-electron chi connectivity index (χ4n) is 1.60. The van der Waals surface area contributed by atoms with Gasteiger partial charge in [-0.3, -0.25) is 0 Å². The van der Waals surface area contributed by atoms with Gasteiger partial charge in [0, 0.05) is 18.0 Å². The first kappa shape index (κ1) is 8.97. The molecule has 1 fully saturated rings. The fourth-order valence-corrected chi connectivity index (χ4v) is 1.60. The summed E-state index contributed by atoms with van der Waals surface area (Å²) in [5.74, 6) is 0.191. The van der Waals surface area contributed by atoms with Crippen molar-refractivity contribution in [1.82, 2.24) is 5.32 Å². The van der Waals surface area contributed by atoms with E-state index < -0.39 is 0 Å². The lowest BCUT2D eigenvalue weighted by atomic mass is 9.81. The van der Waals surface area contributed by atoms with Gasteiger partial charge >= 0.3 is 0 Å². The van der Waals surface area contributed by atoms with E-state index in [0.717, 1.165) is 19.5 Å². The van der Waals surface area contributed by atoms with Crippen LogP contribution in [0.5, 0.6) is 0 Å². The van der Waals surface area contributed by atoms with Gasteiger partial charge in [-0.15, -0.1) is 0 Å². The topological polar surface area (TPSA) is 58.3 Å². The summed E-state index contributed by atoms with van der Waals surface area (Å²) in [5, 5.41) is 12.8. The molecule has 1 aliphatic rings. The van der Waals surface area contributed by atoms with Crippen molar-refractivity contribution in [3.05, 3.63) is 0 Å². The number of nitrogens with two attached hydrogens (primary N) is 1. The maximum absolute atomic E-state index is 9.58. The molecule has 2 unspecified atom stereocenters. The Morgan fingerprint density at radius 2 is 2.18 bits per heavy atom. The molecule has 0 saturated carbocycles. The Morgan fingerprint density at radius 1 is 1.55 bits per heavy atom. The number of piperidine rings is 1. The Kier molecular flexibility index (Phi) is 2.52. The van der Waals surface area contributed by atoms with Crippen LogP contribution in [0.1, 0.15) is 20.3 Å². The molecule has 3 nitrogen and oxygen atoms in total. The molecular formula is C8H18N2O. The lowest BCUT2D eigenvalue weighted by Crippen LogP contribution is -2.54. The summed E-state index contributed by atoms with van der Waals surface area (Å²) in [6.45, 7) is 5.68. The smallest absolute Gasteiger partial charge is 0.0610 e. The van der Waals surface area contributed by atoms with Crippen molar-refractivity contribution in [2.75, 3.05) is 13.1 Å². The summed E-state index contributed by atoms with van der Waals surface area (Å²) < 4.78 is 0. The van der Waals surface area contributed by atoms with Crippen molar-refractivity contribution in [2.24, 2.45) is 11.7 Å². The molecule has 1 heterocycles. The lowest BCUT2D eigenvalue weighted by Gasteiger charge is -2.37. The molecule has 1 saturated heterocycles. The molecule has 4 N–H and O–H groups in total. The highest BCUT2D eigenvalue weighted by atomic mass is 16.3. The summed E-state index contributed by atoms with van der Waals surface area (Å²) in [7, 11) is 0. The molecule has 11 heavy (non-hydrogen) atoms. The van der Waals surface area contributed by atoms with Gasteiger partial charge in [-0.25, -0.2) is 0 Å². The second-order valence-corrected chi connectivity index (χ2v) is 3.99. The van der Waals surface area contributed by atoms with Crippen LogP contribution >= 0.6 is 0 Å². The zero-order valence-electron chi connectivity index (χ0n) is 7.30. The van der Waals surface area contributed by atoms with Crippen molar-refractivity contribution in [3.8, 4) is 0 Å². The van der Waals surface area contributed by atoms with Crippen molar-refractivity contribution in [2.45, 2.75) is 31.9 Å². The van der Waals surface area contributed by atoms with Gasteiger partial charge in [-0.2, -0.15) is 0 Å². The van der Waals surface area contributed by atoms with E-state index in [1.54, 1.807) is 0 Å². The van der Waals surface area contributed by atoms with Crippen LogP contribution in [0.15, 0.2) is 0 Å². The molecule has 66 valence electrons. The minimum Gasteiger partial charge on any atom is -0.393 e. The van der Waals surface area contributed by atoms with Crippen LogP contribution in [0.4, 0.5) is 0 Å². The van der Waals surface area contributed by atoms with Crippen LogP contribution in [0.3, 0.4) is 0 Å². The highest BCUT2D eigenvalue weighted by Gasteiger charge is 2.33. The second-order valence-electron chi connectivity index (χ2n) is 3.99. The van der Waals surface area contributed by atoms with Crippen molar-refractivity contribution in [1.29, 1.82) is 0 Å². The maximum atomic E-state index is 9.58. The number of aliphatic hydroxyl groups is 1. The van der Waals surface area contributed by atoms with Crippen LogP contribution in [-0.4, -0.2) is 29.8 Å². The monoisotopic (exact) mass is 158 g/mol. The summed E-state index contributed by atoms with van der Waals surface area (Å²) in [6, 6.07) is 0. The molecule has 0 radical (unpaired) electrons.